The third-order valence-electron chi connectivity index (χ3n) is 5.66. The van der Waals surface area contributed by atoms with Gasteiger partial charge in [0.05, 0.1) is 19.1 Å². The number of hydrogen-bond acceptors (Lipinski definition) is 6. The SMILES string of the molecule is CCOc1cc2oc3cc(OC(C)(C)C)c(CC=C(C)C)c(O)c3c(=O)c2c(CC=C(C)C)c1OC. The molecule has 0 bridgehead atoms. The van der Waals surface area contributed by atoms with Crippen LogP contribution in [0.2, 0.25) is 0 Å². The fourth-order valence-electron chi connectivity index (χ4n) is 4.12. The minimum Gasteiger partial charge on any atom is -0.507 e. The number of ether oxygens (including phenoxy) is 3. The molecule has 0 spiro atoms. The van der Waals surface area contributed by atoms with Crippen molar-refractivity contribution in [3.63, 3.8) is 0 Å². The zero-order valence-electron chi connectivity index (χ0n) is 22.9. The third kappa shape index (κ3) is 5.69. The summed E-state index contributed by atoms with van der Waals surface area (Å²) in [6.07, 6.45) is 4.90. The highest BCUT2D eigenvalue weighted by atomic mass is 16.5. The Hall–Kier alpha value is -3.41. The Kier molecular flexibility index (Phi) is 8.07. The highest BCUT2D eigenvalue weighted by molar-refractivity contribution is 5.98. The predicted molar refractivity (Wildman–Crippen MR) is 146 cm³/mol. The van der Waals surface area contributed by atoms with Gasteiger partial charge in [0.1, 0.15) is 33.7 Å². The van der Waals surface area contributed by atoms with Gasteiger partial charge in [0.2, 0.25) is 5.43 Å². The molecule has 0 saturated carbocycles. The van der Waals surface area contributed by atoms with E-state index in [-0.39, 0.29) is 22.1 Å². The maximum absolute atomic E-state index is 14.0. The van der Waals surface area contributed by atoms with Crippen LogP contribution in [0.15, 0.2) is 44.6 Å². The summed E-state index contributed by atoms with van der Waals surface area (Å²) >= 11 is 0. The van der Waals surface area contributed by atoms with Gasteiger partial charge in [0.15, 0.2) is 11.5 Å². The topological polar surface area (TPSA) is 78.1 Å². The normalized spacial score (nSPS) is 11.5. The second kappa shape index (κ2) is 10.7. The van der Waals surface area contributed by atoms with Crippen molar-refractivity contribution in [1.82, 2.24) is 0 Å². The molecule has 1 N–H and O–H groups in total. The van der Waals surface area contributed by atoms with Gasteiger partial charge in [-0.25, -0.2) is 0 Å². The first kappa shape index (κ1) is 27.2. The molecule has 0 fully saturated rings. The third-order valence-corrected chi connectivity index (χ3v) is 5.66. The zero-order valence-corrected chi connectivity index (χ0v) is 22.9. The molecule has 6 heteroatoms. The molecule has 0 saturated heterocycles. The molecule has 0 aliphatic carbocycles. The molecule has 1 heterocycles. The van der Waals surface area contributed by atoms with Crippen LogP contribution in [0.5, 0.6) is 23.0 Å². The second-order valence-electron chi connectivity index (χ2n) is 10.4. The van der Waals surface area contributed by atoms with Crippen molar-refractivity contribution in [3.8, 4) is 23.0 Å². The molecule has 0 aliphatic heterocycles. The predicted octanol–water partition coefficient (Wildman–Crippen LogP) is 7.25. The summed E-state index contributed by atoms with van der Waals surface area (Å²) in [5, 5.41) is 11.9. The zero-order chi connectivity index (χ0) is 26.8. The van der Waals surface area contributed by atoms with E-state index < -0.39 is 5.60 Å². The summed E-state index contributed by atoms with van der Waals surface area (Å²) in [4.78, 5) is 14.0. The highest BCUT2D eigenvalue weighted by Crippen LogP contribution is 2.42. The minimum absolute atomic E-state index is 0.124. The molecule has 3 rings (SSSR count). The lowest BCUT2D eigenvalue weighted by molar-refractivity contribution is 0.129. The average molecular weight is 495 g/mol. The number of benzene rings is 2. The Morgan fingerprint density at radius 3 is 2.03 bits per heavy atom. The van der Waals surface area contributed by atoms with Crippen molar-refractivity contribution in [1.29, 1.82) is 0 Å². The molecule has 0 atom stereocenters. The Morgan fingerprint density at radius 1 is 0.944 bits per heavy atom. The lowest BCUT2D eigenvalue weighted by atomic mass is 9.98. The van der Waals surface area contributed by atoms with E-state index in [1.54, 1.807) is 19.2 Å². The van der Waals surface area contributed by atoms with Crippen LogP contribution in [-0.2, 0) is 12.8 Å². The average Bonchev–Trinajstić information content (AvgIpc) is 2.75. The Balaban J connectivity index is 2.49. The van der Waals surface area contributed by atoms with Gasteiger partial charge in [-0.15, -0.1) is 0 Å². The minimum atomic E-state index is -0.510. The first-order valence-electron chi connectivity index (χ1n) is 12.3. The fourth-order valence-corrected chi connectivity index (χ4v) is 4.12. The van der Waals surface area contributed by atoms with Crippen LogP contribution in [0.4, 0.5) is 0 Å². The first-order valence-corrected chi connectivity index (χ1v) is 12.3. The van der Waals surface area contributed by atoms with Crippen molar-refractivity contribution >= 4 is 21.9 Å². The van der Waals surface area contributed by atoms with Crippen molar-refractivity contribution in [2.45, 2.75) is 73.8 Å². The highest BCUT2D eigenvalue weighted by Gasteiger charge is 2.25. The molecule has 0 unspecified atom stereocenters. The van der Waals surface area contributed by atoms with Gasteiger partial charge in [0, 0.05) is 23.3 Å². The molecule has 6 nitrogen and oxygen atoms in total. The maximum atomic E-state index is 14.0. The van der Waals surface area contributed by atoms with E-state index >= 15 is 0 Å². The van der Waals surface area contributed by atoms with Crippen molar-refractivity contribution < 1.29 is 23.7 Å². The lowest BCUT2D eigenvalue weighted by Crippen LogP contribution is -2.23. The van der Waals surface area contributed by atoms with Gasteiger partial charge in [0.25, 0.3) is 0 Å². The van der Waals surface area contributed by atoms with Gasteiger partial charge in [-0.2, -0.15) is 0 Å². The molecule has 36 heavy (non-hydrogen) atoms. The molecule has 194 valence electrons. The lowest BCUT2D eigenvalue weighted by Gasteiger charge is -2.24. The van der Waals surface area contributed by atoms with Crippen LogP contribution in [0, 0.1) is 0 Å². The molecule has 0 amide bonds. The van der Waals surface area contributed by atoms with Gasteiger partial charge in [-0.3, -0.25) is 4.79 Å². The first-order chi connectivity index (χ1) is 16.9. The van der Waals surface area contributed by atoms with Crippen LogP contribution in [0.1, 0.15) is 66.5 Å². The summed E-state index contributed by atoms with van der Waals surface area (Å²) < 4.78 is 24.0. The second-order valence-corrected chi connectivity index (χ2v) is 10.4. The maximum Gasteiger partial charge on any atom is 0.204 e. The standard InChI is InChI=1S/C30H38O6/c1-10-34-24-16-22-25(20(29(24)33-9)14-12-18(4)5)28(32)26-23(35-22)15-21(36-30(6,7)8)19(27(26)31)13-11-17(2)3/h11-12,15-16,31H,10,13-14H2,1-9H3. The summed E-state index contributed by atoms with van der Waals surface area (Å²) in [5.74, 6) is 1.35. The van der Waals surface area contributed by atoms with Gasteiger partial charge in [-0.1, -0.05) is 23.3 Å². The number of aromatic hydroxyl groups is 1. The van der Waals surface area contributed by atoms with E-state index in [4.69, 9.17) is 18.6 Å². The van der Waals surface area contributed by atoms with E-state index in [0.717, 1.165) is 11.1 Å². The van der Waals surface area contributed by atoms with E-state index in [0.29, 0.717) is 58.8 Å². The van der Waals surface area contributed by atoms with Gasteiger partial charge in [-0.05, 0) is 68.2 Å². The van der Waals surface area contributed by atoms with Crippen LogP contribution in [0.3, 0.4) is 0 Å². The molecule has 3 aromatic rings. The van der Waals surface area contributed by atoms with Crippen LogP contribution >= 0.6 is 0 Å². The Morgan fingerprint density at radius 2 is 1.50 bits per heavy atom. The fraction of sp³-hybridized carbons (Fsp3) is 0.433. The summed E-state index contributed by atoms with van der Waals surface area (Å²) in [6, 6.07) is 3.39. The van der Waals surface area contributed by atoms with E-state index in [1.165, 1.54) is 0 Å². The van der Waals surface area contributed by atoms with E-state index in [2.05, 4.69) is 0 Å². The van der Waals surface area contributed by atoms with Gasteiger partial charge >= 0.3 is 0 Å². The van der Waals surface area contributed by atoms with Crippen LogP contribution in [0.25, 0.3) is 21.9 Å². The summed E-state index contributed by atoms with van der Waals surface area (Å²) in [7, 11) is 1.56. The molecule has 1 aromatic heterocycles. The van der Waals surface area contributed by atoms with Crippen molar-refractivity contribution in [2.75, 3.05) is 13.7 Å². The summed E-state index contributed by atoms with van der Waals surface area (Å²) in [5.41, 5.74) is 3.21. The van der Waals surface area contributed by atoms with E-state index in [1.807, 2.05) is 67.5 Å². The molecule has 0 radical (unpaired) electrons. The number of rotatable bonds is 8. The number of methoxy groups -OCH3 is 1. The number of hydrogen-bond donors (Lipinski definition) is 1. The van der Waals surface area contributed by atoms with Crippen molar-refractivity contribution in [2.24, 2.45) is 0 Å². The molecule has 0 aliphatic rings. The Labute approximate surface area is 213 Å². The van der Waals surface area contributed by atoms with Crippen LogP contribution < -0.4 is 19.6 Å². The van der Waals surface area contributed by atoms with Crippen LogP contribution in [-0.4, -0.2) is 24.4 Å². The smallest absolute Gasteiger partial charge is 0.204 e. The van der Waals surface area contributed by atoms with Gasteiger partial charge < -0.3 is 23.7 Å². The largest absolute Gasteiger partial charge is 0.507 e. The van der Waals surface area contributed by atoms with E-state index in [9.17, 15) is 9.90 Å². The molecule has 2 aromatic carbocycles. The summed E-state index contributed by atoms with van der Waals surface area (Å²) in [6.45, 7) is 16.1. The van der Waals surface area contributed by atoms with Crippen molar-refractivity contribution in [3.05, 3.63) is 56.8 Å². The number of phenols is 1. The quantitative estimate of drug-likeness (QED) is 0.262. The molecular formula is C30H38O6. The number of allylic oxidation sites excluding steroid dienone is 4. The number of fused-ring (bicyclic) bond motifs is 2. The Bertz CT molecular complexity index is 1390. The monoisotopic (exact) mass is 494 g/mol. The number of phenolic OH excluding ortho intramolecular Hbond substituents is 1. The molecular weight excluding hydrogens is 456 g/mol.